The van der Waals surface area contributed by atoms with E-state index in [1.807, 2.05) is 12.1 Å². The second-order valence-electron chi connectivity index (χ2n) is 4.85. The predicted octanol–water partition coefficient (Wildman–Crippen LogP) is 2.99. The quantitative estimate of drug-likeness (QED) is 0.776. The minimum absolute atomic E-state index is 0.287. The highest BCUT2D eigenvalue weighted by Crippen LogP contribution is 2.30. The second kappa shape index (κ2) is 3.93. The molecule has 3 rings (SSSR count). The average Bonchev–Trinajstić information content (AvgIpc) is 3.10. The Morgan fingerprint density at radius 3 is 2.94 bits per heavy atom. The molecular formula is C14H16O2. The Morgan fingerprint density at radius 1 is 1.25 bits per heavy atom. The van der Waals surface area contributed by atoms with E-state index in [1.165, 1.54) is 18.4 Å². The summed E-state index contributed by atoms with van der Waals surface area (Å²) in [7, 11) is 0. The van der Waals surface area contributed by atoms with Crippen LogP contribution in [-0.2, 0) is 6.42 Å². The summed E-state index contributed by atoms with van der Waals surface area (Å²) in [6, 6.07) is 5.91. The van der Waals surface area contributed by atoms with Crippen molar-refractivity contribution in [1.29, 1.82) is 0 Å². The number of carbonyl (C=O) groups is 1. The zero-order valence-corrected chi connectivity index (χ0v) is 9.37. The third-order valence-electron chi connectivity index (χ3n) is 3.41. The van der Waals surface area contributed by atoms with Crippen LogP contribution in [0.4, 0.5) is 0 Å². The second-order valence-corrected chi connectivity index (χ2v) is 4.85. The van der Waals surface area contributed by atoms with Gasteiger partial charge in [-0.15, -0.1) is 0 Å². The van der Waals surface area contributed by atoms with Crippen LogP contribution in [0.5, 0.6) is 5.75 Å². The van der Waals surface area contributed by atoms with Crippen LogP contribution >= 0.6 is 0 Å². The van der Waals surface area contributed by atoms with E-state index < -0.39 is 0 Å². The van der Waals surface area contributed by atoms with Gasteiger partial charge in [0.05, 0.1) is 6.61 Å². The van der Waals surface area contributed by atoms with Crippen LogP contribution in [-0.4, -0.2) is 12.4 Å². The highest BCUT2D eigenvalue weighted by molar-refractivity contribution is 5.98. The molecule has 0 heterocycles. The molecule has 0 bridgehead atoms. The molecule has 0 atom stereocenters. The van der Waals surface area contributed by atoms with Gasteiger partial charge in [-0.25, -0.2) is 0 Å². The van der Waals surface area contributed by atoms with E-state index >= 15 is 0 Å². The Kier molecular flexibility index (Phi) is 2.43. The molecule has 1 fully saturated rings. The van der Waals surface area contributed by atoms with Gasteiger partial charge in [-0.3, -0.25) is 4.79 Å². The minimum atomic E-state index is 0.287. The van der Waals surface area contributed by atoms with Crippen molar-refractivity contribution in [2.24, 2.45) is 5.92 Å². The van der Waals surface area contributed by atoms with E-state index in [-0.39, 0.29) is 5.78 Å². The third kappa shape index (κ3) is 1.97. The van der Waals surface area contributed by atoms with E-state index in [1.54, 1.807) is 0 Å². The summed E-state index contributed by atoms with van der Waals surface area (Å²) in [5.74, 6) is 1.99. The fraction of sp³-hybridized carbons (Fsp3) is 0.500. The lowest BCUT2D eigenvalue weighted by molar-refractivity contribution is 0.0972. The van der Waals surface area contributed by atoms with E-state index in [4.69, 9.17) is 4.74 Å². The van der Waals surface area contributed by atoms with Crippen molar-refractivity contribution < 1.29 is 9.53 Å². The normalized spacial score (nSPS) is 19.4. The topological polar surface area (TPSA) is 26.3 Å². The molecule has 2 aliphatic carbocycles. The first-order valence-corrected chi connectivity index (χ1v) is 6.12. The van der Waals surface area contributed by atoms with Gasteiger partial charge in [0.1, 0.15) is 5.75 Å². The lowest BCUT2D eigenvalue weighted by Crippen LogP contribution is -2.11. The summed E-state index contributed by atoms with van der Waals surface area (Å²) in [4.78, 5) is 11.6. The van der Waals surface area contributed by atoms with Gasteiger partial charge >= 0.3 is 0 Å². The van der Waals surface area contributed by atoms with Crippen molar-refractivity contribution in [2.75, 3.05) is 6.61 Å². The Labute approximate surface area is 95.6 Å². The number of ketones is 1. The minimum Gasteiger partial charge on any atom is -0.493 e. The van der Waals surface area contributed by atoms with Crippen LogP contribution in [0.1, 0.15) is 41.6 Å². The fourth-order valence-corrected chi connectivity index (χ4v) is 2.21. The first-order chi connectivity index (χ1) is 7.83. The fourth-order valence-electron chi connectivity index (χ4n) is 2.21. The first kappa shape index (κ1) is 9.88. The molecule has 0 amide bonds. The van der Waals surface area contributed by atoms with Crippen LogP contribution in [0, 0.1) is 5.92 Å². The van der Waals surface area contributed by atoms with Crippen molar-refractivity contribution in [2.45, 2.75) is 32.1 Å². The number of rotatable bonds is 3. The van der Waals surface area contributed by atoms with E-state index in [2.05, 4.69) is 6.07 Å². The first-order valence-electron chi connectivity index (χ1n) is 6.12. The van der Waals surface area contributed by atoms with Gasteiger partial charge in [0.15, 0.2) is 5.78 Å². The van der Waals surface area contributed by atoms with Crippen LogP contribution in [0.2, 0.25) is 0 Å². The van der Waals surface area contributed by atoms with Crippen molar-refractivity contribution in [3.05, 3.63) is 29.3 Å². The number of ether oxygens (including phenoxy) is 1. The zero-order valence-electron chi connectivity index (χ0n) is 9.37. The number of fused-ring (bicyclic) bond motifs is 1. The summed E-state index contributed by atoms with van der Waals surface area (Å²) in [5, 5.41) is 0. The molecule has 2 aliphatic rings. The smallest absolute Gasteiger partial charge is 0.163 e. The van der Waals surface area contributed by atoms with Crippen molar-refractivity contribution >= 4 is 5.78 Å². The monoisotopic (exact) mass is 216 g/mol. The Balaban J connectivity index is 1.77. The van der Waals surface area contributed by atoms with Crippen LogP contribution in [0.3, 0.4) is 0 Å². The molecule has 0 saturated heterocycles. The molecule has 0 aliphatic heterocycles. The molecule has 0 radical (unpaired) electrons. The largest absolute Gasteiger partial charge is 0.493 e. The summed E-state index contributed by atoms with van der Waals surface area (Å²) in [6.07, 6.45) is 5.32. The Hall–Kier alpha value is -1.31. The maximum absolute atomic E-state index is 11.6. The molecule has 0 N–H and O–H groups in total. The van der Waals surface area contributed by atoms with E-state index in [9.17, 15) is 4.79 Å². The molecule has 2 nitrogen and oxygen atoms in total. The van der Waals surface area contributed by atoms with Gasteiger partial charge < -0.3 is 4.74 Å². The standard InChI is InChI=1S/C14H16O2/c15-14-3-1-2-11-8-12(6-7-13(11)14)16-9-10-4-5-10/h6-8,10H,1-5,9H2. The van der Waals surface area contributed by atoms with Crippen molar-refractivity contribution in [3.63, 3.8) is 0 Å². The maximum Gasteiger partial charge on any atom is 0.163 e. The molecule has 1 aromatic rings. The molecule has 0 spiro atoms. The van der Waals surface area contributed by atoms with Crippen molar-refractivity contribution in [3.8, 4) is 5.75 Å². The third-order valence-corrected chi connectivity index (χ3v) is 3.41. The highest BCUT2D eigenvalue weighted by atomic mass is 16.5. The molecule has 1 aromatic carbocycles. The molecule has 0 aromatic heterocycles. The number of carbonyl (C=O) groups excluding carboxylic acids is 1. The molecule has 1 saturated carbocycles. The average molecular weight is 216 g/mol. The van der Waals surface area contributed by atoms with Gasteiger partial charge in [0, 0.05) is 12.0 Å². The van der Waals surface area contributed by atoms with Gasteiger partial charge in [-0.2, -0.15) is 0 Å². The van der Waals surface area contributed by atoms with E-state index in [0.29, 0.717) is 6.42 Å². The zero-order chi connectivity index (χ0) is 11.0. The van der Waals surface area contributed by atoms with Crippen LogP contribution in [0.15, 0.2) is 18.2 Å². The Bertz CT molecular complexity index is 419. The molecule has 84 valence electrons. The summed E-state index contributed by atoms with van der Waals surface area (Å²) in [6.45, 7) is 0.840. The highest BCUT2D eigenvalue weighted by Gasteiger charge is 2.22. The molecule has 16 heavy (non-hydrogen) atoms. The number of benzene rings is 1. The van der Waals surface area contributed by atoms with Gasteiger partial charge in [-0.1, -0.05) is 0 Å². The summed E-state index contributed by atoms with van der Waals surface area (Å²) >= 11 is 0. The number of hydrogen-bond donors (Lipinski definition) is 0. The molecule has 0 unspecified atom stereocenters. The summed E-state index contributed by atoms with van der Waals surface area (Å²) in [5.41, 5.74) is 2.08. The number of aryl methyl sites for hydroxylation is 1. The molecular weight excluding hydrogens is 200 g/mol. The number of hydrogen-bond acceptors (Lipinski definition) is 2. The van der Waals surface area contributed by atoms with Crippen molar-refractivity contribution in [1.82, 2.24) is 0 Å². The van der Waals surface area contributed by atoms with Crippen LogP contribution in [0.25, 0.3) is 0 Å². The van der Waals surface area contributed by atoms with Crippen LogP contribution < -0.4 is 4.74 Å². The predicted molar refractivity (Wildman–Crippen MR) is 61.9 cm³/mol. The maximum atomic E-state index is 11.6. The Morgan fingerprint density at radius 2 is 2.12 bits per heavy atom. The van der Waals surface area contributed by atoms with E-state index in [0.717, 1.165) is 36.7 Å². The van der Waals surface area contributed by atoms with Gasteiger partial charge in [-0.05, 0) is 55.4 Å². The lowest BCUT2D eigenvalue weighted by Gasteiger charge is -2.15. The molecule has 2 heteroatoms. The van der Waals surface area contributed by atoms with Gasteiger partial charge in [0.2, 0.25) is 0 Å². The number of Topliss-reactive ketones (excluding diaryl/α,β-unsaturated/α-hetero) is 1. The summed E-state index contributed by atoms with van der Waals surface area (Å²) < 4.78 is 5.72. The van der Waals surface area contributed by atoms with Gasteiger partial charge in [0.25, 0.3) is 0 Å². The lowest BCUT2D eigenvalue weighted by atomic mass is 9.90. The SMILES string of the molecule is O=C1CCCc2cc(OCC3CC3)ccc21.